The smallest absolute Gasteiger partial charge is 0.0501 e. The Balaban J connectivity index is 1.72. The summed E-state index contributed by atoms with van der Waals surface area (Å²) in [5, 5.41) is 13.3. The van der Waals surface area contributed by atoms with Crippen LogP contribution in [0.15, 0.2) is 12.2 Å². The molecule has 0 aromatic heterocycles. The molecule has 0 amide bonds. The number of rotatable bonds is 6. The highest BCUT2D eigenvalue weighted by Gasteiger charge is 2.31. The van der Waals surface area contributed by atoms with Crippen LogP contribution >= 0.6 is 0 Å². The molecular weight excluding hydrogens is 250 g/mol. The molecule has 0 aromatic rings. The highest BCUT2D eigenvalue weighted by molar-refractivity contribution is 4.97. The number of hydrogen-bond donors (Lipinski definition) is 2. The van der Waals surface area contributed by atoms with Gasteiger partial charge in [0.25, 0.3) is 0 Å². The Labute approximate surface area is 123 Å². The van der Waals surface area contributed by atoms with Crippen molar-refractivity contribution < 1.29 is 9.84 Å². The molecule has 2 aliphatic rings. The van der Waals surface area contributed by atoms with Crippen LogP contribution in [0.4, 0.5) is 0 Å². The first-order chi connectivity index (χ1) is 9.74. The van der Waals surface area contributed by atoms with Crippen molar-refractivity contribution in [1.82, 2.24) is 5.32 Å². The van der Waals surface area contributed by atoms with E-state index in [1.807, 2.05) is 0 Å². The van der Waals surface area contributed by atoms with E-state index in [0.29, 0.717) is 6.04 Å². The lowest BCUT2D eigenvalue weighted by atomic mass is 9.81. The Morgan fingerprint density at radius 1 is 1.25 bits per heavy atom. The van der Waals surface area contributed by atoms with Crippen molar-refractivity contribution in [2.45, 2.75) is 57.9 Å². The number of allylic oxidation sites excluding steroid dienone is 1. The van der Waals surface area contributed by atoms with Gasteiger partial charge in [-0.1, -0.05) is 31.4 Å². The molecule has 1 atom stereocenters. The van der Waals surface area contributed by atoms with Crippen LogP contribution in [-0.4, -0.2) is 37.5 Å². The zero-order valence-electron chi connectivity index (χ0n) is 12.9. The molecule has 3 heteroatoms. The SMILES string of the molecule is CC(/C=C/C1CCCCC1)NCC1(CO)CCOCC1. The van der Waals surface area contributed by atoms with E-state index in [2.05, 4.69) is 24.4 Å². The first-order valence-electron chi connectivity index (χ1n) is 8.34. The quantitative estimate of drug-likeness (QED) is 0.736. The van der Waals surface area contributed by atoms with Crippen LogP contribution in [0.25, 0.3) is 0 Å². The zero-order chi connectivity index (χ0) is 14.3. The summed E-state index contributed by atoms with van der Waals surface area (Å²) in [5.41, 5.74) is 0.0329. The van der Waals surface area contributed by atoms with Crippen LogP contribution < -0.4 is 5.32 Å². The van der Waals surface area contributed by atoms with Gasteiger partial charge in [0.2, 0.25) is 0 Å². The van der Waals surface area contributed by atoms with Crippen molar-refractivity contribution >= 4 is 0 Å². The molecule has 2 N–H and O–H groups in total. The zero-order valence-corrected chi connectivity index (χ0v) is 12.9. The minimum atomic E-state index is 0.0329. The molecule has 116 valence electrons. The van der Waals surface area contributed by atoms with E-state index in [0.717, 1.165) is 38.5 Å². The van der Waals surface area contributed by atoms with E-state index < -0.39 is 0 Å². The summed E-state index contributed by atoms with van der Waals surface area (Å²) in [6.45, 7) is 4.94. The minimum Gasteiger partial charge on any atom is -0.396 e. The number of aliphatic hydroxyl groups is 1. The Hall–Kier alpha value is -0.380. The molecular formula is C17H31NO2. The molecule has 0 spiro atoms. The molecule has 0 aromatic carbocycles. The van der Waals surface area contributed by atoms with Gasteiger partial charge in [0.05, 0.1) is 6.61 Å². The lowest BCUT2D eigenvalue weighted by Gasteiger charge is -2.36. The highest BCUT2D eigenvalue weighted by atomic mass is 16.5. The van der Waals surface area contributed by atoms with E-state index in [1.54, 1.807) is 0 Å². The number of ether oxygens (including phenoxy) is 1. The Kier molecular flexibility index (Phi) is 6.53. The van der Waals surface area contributed by atoms with Crippen molar-refractivity contribution in [2.75, 3.05) is 26.4 Å². The van der Waals surface area contributed by atoms with Gasteiger partial charge in [-0.15, -0.1) is 0 Å². The fourth-order valence-corrected chi connectivity index (χ4v) is 3.29. The van der Waals surface area contributed by atoms with Gasteiger partial charge in [0.1, 0.15) is 0 Å². The van der Waals surface area contributed by atoms with E-state index in [4.69, 9.17) is 4.74 Å². The summed E-state index contributed by atoms with van der Waals surface area (Å²) < 4.78 is 5.41. The first-order valence-corrected chi connectivity index (χ1v) is 8.34. The molecule has 2 rings (SSSR count). The topological polar surface area (TPSA) is 41.5 Å². The van der Waals surface area contributed by atoms with Crippen LogP contribution in [0.5, 0.6) is 0 Å². The summed E-state index contributed by atoms with van der Waals surface area (Å²) in [7, 11) is 0. The summed E-state index contributed by atoms with van der Waals surface area (Å²) in [4.78, 5) is 0. The van der Waals surface area contributed by atoms with E-state index in [-0.39, 0.29) is 12.0 Å². The molecule has 1 heterocycles. The van der Waals surface area contributed by atoms with Crippen molar-refractivity contribution in [2.24, 2.45) is 11.3 Å². The van der Waals surface area contributed by atoms with E-state index in [1.165, 1.54) is 32.1 Å². The summed E-state index contributed by atoms with van der Waals surface area (Å²) in [6, 6.07) is 0.392. The Bertz CT molecular complexity index is 291. The monoisotopic (exact) mass is 281 g/mol. The van der Waals surface area contributed by atoms with Crippen LogP contribution in [-0.2, 0) is 4.74 Å². The molecule has 2 fully saturated rings. The lowest BCUT2D eigenvalue weighted by molar-refractivity contribution is -0.0157. The molecule has 1 aliphatic heterocycles. The first kappa shape index (κ1) is 16.0. The second kappa shape index (κ2) is 8.16. The maximum absolute atomic E-state index is 9.67. The van der Waals surface area contributed by atoms with Gasteiger partial charge >= 0.3 is 0 Å². The minimum absolute atomic E-state index is 0.0329. The van der Waals surface area contributed by atoms with Crippen LogP contribution in [0.3, 0.4) is 0 Å². The van der Waals surface area contributed by atoms with Crippen molar-refractivity contribution in [3.05, 3.63) is 12.2 Å². The maximum atomic E-state index is 9.67. The molecule has 1 aliphatic carbocycles. The molecule has 0 radical (unpaired) electrons. The van der Waals surface area contributed by atoms with Gasteiger partial charge in [-0.05, 0) is 38.5 Å². The van der Waals surface area contributed by atoms with Crippen LogP contribution in [0, 0.1) is 11.3 Å². The standard InChI is InChI=1S/C17H31NO2/c1-15(7-8-16-5-3-2-4-6-16)18-13-17(14-19)9-11-20-12-10-17/h7-8,15-16,18-19H,2-6,9-14H2,1H3/b8-7+. The Morgan fingerprint density at radius 2 is 1.95 bits per heavy atom. The summed E-state index contributed by atoms with van der Waals surface area (Å²) in [6.07, 6.45) is 13.6. The predicted molar refractivity (Wildman–Crippen MR) is 82.8 cm³/mol. The number of hydrogen-bond acceptors (Lipinski definition) is 3. The van der Waals surface area contributed by atoms with Crippen molar-refractivity contribution in [3.8, 4) is 0 Å². The molecule has 1 unspecified atom stereocenters. The number of nitrogens with one attached hydrogen (secondary N) is 1. The van der Waals surface area contributed by atoms with Crippen LogP contribution in [0.1, 0.15) is 51.9 Å². The Morgan fingerprint density at radius 3 is 2.60 bits per heavy atom. The van der Waals surface area contributed by atoms with Gasteiger partial charge in [0.15, 0.2) is 0 Å². The molecule has 1 saturated heterocycles. The van der Waals surface area contributed by atoms with Gasteiger partial charge in [-0.3, -0.25) is 0 Å². The molecule has 0 bridgehead atoms. The summed E-state index contributed by atoms with van der Waals surface area (Å²) >= 11 is 0. The largest absolute Gasteiger partial charge is 0.396 e. The average Bonchev–Trinajstić information content (AvgIpc) is 2.53. The van der Waals surface area contributed by atoms with Gasteiger partial charge < -0.3 is 15.2 Å². The fraction of sp³-hybridized carbons (Fsp3) is 0.882. The van der Waals surface area contributed by atoms with Crippen molar-refractivity contribution in [3.63, 3.8) is 0 Å². The molecule has 3 nitrogen and oxygen atoms in total. The van der Waals surface area contributed by atoms with E-state index in [9.17, 15) is 5.11 Å². The number of aliphatic hydroxyl groups excluding tert-OH is 1. The van der Waals surface area contributed by atoms with Gasteiger partial charge in [0, 0.05) is 31.2 Å². The molecule has 20 heavy (non-hydrogen) atoms. The summed E-state index contributed by atoms with van der Waals surface area (Å²) in [5.74, 6) is 0.794. The van der Waals surface area contributed by atoms with Gasteiger partial charge in [-0.2, -0.15) is 0 Å². The second-order valence-electron chi connectivity index (χ2n) is 6.72. The average molecular weight is 281 g/mol. The lowest BCUT2D eigenvalue weighted by Crippen LogP contribution is -2.44. The third-order valence-corrected chi connectivity index (χ3v) is 5.01. The highest BCUT2D eigenvalue weighted by Crippen LogP contribution is 2.29. The van der Waals surface area contributed by atoms with Crippen molar-refractivity contribution in [1.29, 1.82) is 0 Å². The van der Waals surface area contributed by atoms with Crippen LogP contribution in [0.2, 0.25) is 0 Å². The fourth-order valence-electron chi connectivity index (χ4n) is 3.29. The van der Waals surface area contributed by atoms with E-state index >= 15 is 0 Å². The predicted octanol–water partition coefficient (Wildman–Crippen LogP) is 2.89. The molecule has 1 saturated carbocycles. The second-order valence-corrected chi connectivity index (χ2v) is 6.72. The van der Waals surface area contributed by atoms with Gasteiger partial charge in [-0.25, -0.2) is 0 Å². The maximum Gasteiger partial charge on any atom is 0.0501 e. The third-order valence-electron chi connectivity index (χ3n) is 5.01. The normalized spacial score (nSPS) is 25.9. The third kappa shape index (κ3) is 4.87.